The largest absolute Gasteiger partial charge is 0.478 e. The maximum Gasteiger partial charge on any atom is 0.337 e. The van der Waals surface area contributed by atoms with Crippen LogP contribution in [0.1, 0.15) is 22.0 Å². The number of thiophene rings is 1. The van der Waals surface area contributed by atoms with Crippen LogP contribution in [0.15, 0.2) is 55.1 Å². The van der Waals surface area contributed by atoms with E-state index in [1.165, 1.54) is 17.5 Å². The predicted molar refractivity (Wildman–Crippen MR) is 125 cm³/mol. The highest BCUT2D eigenvalue weighted by atomic mass is 32.1. The second-order valence-corrected chi connectivity index (χ2v) is 8.87. The van der Waals surface area contributed by atoms with Gasteiger partial charge in [-0.15, -0.1) is 11.3 Å². The van der Waals surface area contributed by atoms with Crippen LogP contribution in [0.3, 0.4) is 0 Å². The third kappa shape index (κ3) is 3.59. The summed E-state index contributed by atoms with van der Waals surface area (Å²) in [4.78, 5) is 27.8. The van der Waals surface area contributed by atoms with Crippen LogP contribution in [0.2, 0.25) is 0 Å². The van der Waals surface area contributed by atoms with Gasteiger partial charge in [0, 0.05) is 34.8 Å². The van der Waals surface area contributed by atoms with Crippen molar-refractivity contribution in [3.63, 3.8) is 0 Å². The zero-order valence-corrected chi connectivity index (χ0v) is 18.1. The Labute approximate surface area is 191 Å². The van der Waals surface area contributed by atoms with Gasteiger partial charge >= 0.3 is 5.97 Å². The number of morpholine rings is 1. The third-order valence-corrected chi connectivity index (χ3v) is 6.85. The molecule has 0 saturated carbocycles. The number of benzene rings is 1. The van der Waals surface area contributed by atoms with Gasteiger partial charge in [-0.25, -0.2) is 14.8 Å². The van der Waals surface area contributed by atoms with Crippen LogP contribution < -0.4 is 4.90 Å². The number of aromatic carboxylic acids is 1. The minimum absolute atomic E-state index is 0.109. The molecular formula is C23H18N6O3S. The molecule has 5 heterocycles. The van der Waals surface area contributed by atoms with Crippen molar-refractivity contribution < 1.29 is 14.6 Å². The molecule has 1 aliphatic rings. The van der Waals surface area contributed by atoms with Gasteiger partial charge in [0.25, 0.3) is 0 Å². The number of carboxylic acid groups (broad SMARTS) is 1. The minimum atomic E-state index is -1.000. The zero-order chi connectivity index (χ0) is 22.4. The Hall–Kier alpha value is -3.89. The van der Waals surface area contributed by atoms with Crippen molar-refractivity contribution >= 4 is 44.4 Å². The lowest BCUT2D eigenvalue weighted by Gasteiger charge is -2.33. The van der Waals surface area contributed by atoms with Gasteiger partial charge in [0.1, 0.15) is 6.10 Å². The lowest BCUT2D eigenvalue weighted by atomic mass is 10.0. The summed E-state index contributed by atoms with van der Waals surface area (Å²) in [5.41, 5.74) is 3.80. The highest BCUT2D eigenvalue weighted by molar-refractivity contribution is 7.22. The van der Waals surface area contributed by atoms with E-state index in [1.807, 2.05) is 30.6 Å². The molecule has 1 aromatic carbocycles. The number of hydrogen-bond donors (Lipinski definition) is 2. The van der Waals surface area contributed by atoms with E-state index in [4.69, 9.17) is 9.72 Å². The van der Waals surface area contributed by atoms with Crippen LogP contribution in [0, 0.1) is 0 Å². The zero-order valence-electron chi connectivity index (χ0n) is 17.3. The van der Waals surface area contributed by atoms with Crippen molar-refractivity contribution in [1.29, 1.82) is 0 Å². The van der Waals surface area contributed by atoms with Gasteiger partial charge in [0.05, 0.1) is 46.8 Å². The van der Waals surface area contributed by atoms with Crippen LogP contribution in [-0.2, 0) is 4.74 Å². The molecule has 33 heavy (non-hydrogen) atoms. The number of carboxylic acids is 1. The summed E-state index contributed by atoms with van der Waals surface area (Å²) in [5, 5.41) is 17.5. The number of anilines is 1. The summed E-state index contributed by atoms with van der Waals surface area (Å²) in [6.07, 6.45) is 6.55. The van der Waals surface area contributed by atoms with Gasteiger partial charge < -0.3 is 14.7 Å². The number of nitrogens with zero attached hydrogens (tertiary/aromatic N) is 5. The van der Waals surface area contributed by atoms with Crippen LogP contribution in [0.25, 0.3) is 31.6 Å². The molecule has 1 saturated heterocycles. The summed E-state index contributed by atoms with van der Waals surface area (Å²) in [7, 11) is 0. The summed E-state index contributed by atoms with van der Waals surface area (Å²) in [5.74, 6) is -0.350. The number of ether oxygens (including phenoxy) is 1. The summed E-state index contributed by atoms with van der Waals surface area (Å²) in [6, 6.07) is 9.65. The van der Waals surface area contributed by atoms with Crippen molar-refractivity contribution in [3.8, 4) is 10.4 Å². The molecule has 9 nitrogen and oxygen atoms in total. The maximum absolute atomic E-state index is 11.3. The van der Waals surface area contributed by atoms with Gasteiger partial charge in [-0.05, 0) is 23.8 Å². The molecule has 1 fully saturated rings. The molecular weight excluding hydrogens is 440 g/mol. The Kier molecular flexibility index (Phi) is 4.74. The first kappa shape index (κ1) is 19.8. The monoisotopic (exact) mass is 458 g/mol. The standard InChI is InChI=1S/C23H18N6O3S/c30-22(31)14-6-13(8-24-9-14)20-7-18-21(33-20)11-25-23(27-18)29-4-5-32-19(12-29)15-2-1-3-17-16(15)10-26-28-17/h1-3,6-11,19H,4-5,12H2,(H,26,28)(H,30,31). The molecule has 0 spiro atoms. The number of aromatic amines is 1. The SMILES string of the molecule is O=C(O)c1cncc(-c2cc3nc(N4CCOC(c5cccc6[nH]ncc56)C4)ncc3s2)c1. The van der Waals surface area contributed by atoms with Crippen LogP contribution in [-0.4, -0.2) is 55.9 Å². The Morgan fingerprint density at radius 3 is 3.06 bits per heavy atom. The number of rotatable bonds is 4. The van der Waals surface area contributed by atoms with Gasteiger partial charge in [0.2, 0.25) is 5.95 Å². The molecule has 6 rings (SSSR count). The number of carbonyl (C=O) groups is 1. The van der Waals surface area contributed by atoms with Crippen LogP contribution in [0.5, 0.6) is 0 Å². The summed E-state index contributed by atoms with van der Waals surface area (Å²) < 4.78 is 7.01. The maximum atomic E-state index is 11.3. The first-order chi connectivity index (χ1) is 16.2. The third-order valence-electron chi connectivity index (χ3n) is 5.74. The van der Waals surface area contributed by atoms with E-state index in [1.54, 1.807) is 12.3 Å². The lowest BCUT2D eigenvalue weighted by molar-refractivity contribution is 0.0402. The topological polar surface area (TPSA) is 117 Å². The molecule has 0 radical (unpaired) electrons. The molecule has 1 aliphatic heterocycles. The molecule has 164 valence electrons. The average Bonchev–Trinajstić information content (AvgIpc) is 3.50. The van der Waals surface area contributed by atoms with Crippen molar-refractivity contribution in [3.05, 3.63) is 66.2 Å². The van der Waals surface area contributed by atoms with E-state index in [0.717, 1.165) is 37.1 Å². The number of hydrogen-bond acceptors (Lipinski definition) is 8. The molecule has 1 unspecified atom stereocenters. The van der Waals surface area contributed by atoms with Gasteiger partial charge in [-0.3, -0.25) is 10.1 Å². The van der Waals surface area contributed by atoms with Crippen molar-refractivity contribution in [2.45, 2.75) is 6.10 Å². The van der Waals surface area contributed by atoms with Crippen molar-refractivity contribution in [2.75, 3.05) is 24.6 Å². The summed E-state index contributed by atoms with van der Waals surface area (Å²) in [6.45, 7) is 1.91. The van der Waals surface area contributed by atoms with Crippen molar-refractivity contribution in [1.82, 2.24) is 25.1 Å². The van der Waals surface area contributed by atoms with Gasteiger partial charge in [-0.1, -0.05) is 12.1 Å². The number of nitrogens with one attached hydrogen (secondary N) is 1. The fourth-order valence-electron chi connectivity index (χ4n) is 4.11. The molecule has 0 amide bonds. The van der Waals surface area contributed by atoms with Gasteiger partial charge in [-0.2, -0.15) is 5.10 Å². The van der Waals surface area contributed by atoms with Crippen LogP contribution in [0.4, 0.5) is 5.95 Å². The van der Waals surface area contributed by atoms with E-state index >= 15 is 0 Å². The van der Waals surface area contributed by atoms with Gasteiger partial charge in [0.15, 0.2) is 0 Å². The first-order valence-electron chi connectivity index (χ1n) is 10.4. The number of H-pyrrole nitrogens is 1. The van der Waals surface area contributed by atoms with E-state index in [-0.39, 0.29) is 11.7 Å². The lowest BCUT2D eigenvalue weighted by Crippen LogP contribution is -2.39. The van der Waals surface area contributed by atoms with E-state index < -0.39 is 5.97 Å². The molecule has 10 heteroatoms. The highest BCUT2D eigenvalue weighted by Gasteiger charge is 2.25. The quantitative estimate of drug-likeness (QED) is 0.416. The highest BCUT2D eigenvalue weighted by Crippen LogP contribution is 2.34. The fraction of sp³-hybridized carbons (Fsp3) is 0.174. The minimum Gasteiger partial charge on any atom is -0.478 e. The summed E-state index contributed by atoms with van der Waals surface area (Å²) >= 11 is 1.51. The average molecular weight is 459 g/mol. The Bertz CT molecular complexity index is 1500. The molecule has 5 aromatic rings. The van der Waals surface area contributed by atoms with E-state index in [0.29, 0.717) is 25.6 Å². The smallest absolute Gasteiger partial charge is 0.337 e. The number of aromatic nitrogens is 5. The van der Waals surface area contributed by atoms with Crippen molar-refractivity contribution in [2.24, 2.45) is 0 Å². The molecule has 1 atom stereocenters. The fourth-order valence-corrected chi connectivity index (χ4v) is 5.06. The number of pyridine rings is 1. The molecule has 4 aromatic heterocycles. The molecule has 0 bridgehead atoms. The van der Waals surface area contributed by atoms with E-state index in [9.17, 15) is 9.90 Å². The molecule has 0 aliphatic carbocycles. The Morgan fingerprint density at radius 2 is 2.15 bits per heavy atom. The normalized spacial score (nSPS) is 16.5. The predicted octanol–water partition coefficient (Wildman–Crippen LogP) is 3.91. The second kappa shape index (κ2) is 7.91. The number of fused-ring (bicyclic) bond motifs is 2. The Balaban J connectivity index is 1.30. The molecule has 2 N–H and O–H groups in total. The second-order valence-electron chi connectivity index (χ2n) is 7.78. The first-order valence-corrected chi connectivity index (χ1v) is 11.2. The Morgan fingerprint density at radius 1 is 1.21 bits per heavy atom. The van der Waals surface area contributed by atoms with E-state index in [2.05, 4.69) is 31.1 Å². The van der Waals surface area contributed by atoms with Crippen LogP contribution >= 0.6 is 11.3 Å².